The van der Waals surface area contributed by atoms with E-state index in [-0.39, 0.29) is 32.0 Å². The third kappa shape index (κ3) is 20.6. The number of aliphatic hydroxyl groups is 4. The number of unbranched alkanes of at least 4 members (excludes halogenated alkanes) is 16. The molecule has 6 atom stereocenters. The van der Waals surface area contributed by atoms with Crippen molar-refractivity contribution in [3.05, 3.63) is 12.2 Å². The van der Waals surface area contributed by atoms with Crippen LogP contribution >= 0.6 is 0 Å². The number of rotatable bonds is 29. The molecule has 0 amide bonds. The Balaban J connectivity index is 2.41. The first-order chi connectivity index (χ1) is 22.3. The van der Waals surface area contributed by atoms with Crippen LogP contribution in [-0.4, -0.2) is 89.0 Å². The van der Waals surface area contributed by atoms with Gasteiger partial charge in [-0.25, -0.2) is 0 Å². The quantitative estimate of drug-likeness (QED) is 0.0425. The third-order valence-corrected chi connectivity index (χ3v) is 8.40. The van der Waals surface area contributed by atoms with Gasteiger partial charge in [0.15, 0.2) is 12.4 Å². The Kier molecular flexibility index (Phi) is 26.3. The summed E-state index contributed by atoms with van der Waals surface area (Å²) in [6, 6.07) is 0. The first-order valence-electron chi connectivity index (χ1n) is 18.3. The van der Waals surface area contributed by atoms with Crippen LogP contribution in [-0.2, 0) is 28.5 Å². The lowest BCUT2D eigenvalue weighted by Gasteiger charge is -2.39. The van der Waals surface area contributed by atoms with Gasteiger partial charge in [0.1, 0.15) is 31.0 Å². The lowest BCUT2D eigenvalue weighted by Crippen LogP contribution is -2.59. The summed E-state index contributed by atoms with van der Waals surface area (Å²) in [5.41, 5.74) is 0. The standard InChI is InChI=1S/C36H66O10/c1-3-5-7-9-11-13-14-15-16-17-19-20-22-24-31(38)43-27-29(45-32(39)25-23-21-18-12-10-8-6-4-2)28-44-36-35(42)34(41)33(40)30(26-37)46-36/h13-14,29-30,33-37,40-42H,3-12,15-28H2,1-2H3/b14-13+/t29-,30-,33+,34?,35?,36-/m0/s1. The highest BCUT2D eigenvalue weighted by atomic mass is 16.7. The summed E-state index contributed by atoms with van der Waals surface area (Å²) >= 11 is 0. The fourth-order valence-corrected chi connectivity index (χ4v) is 5.42. The molecule has 0 bridgehead atoms. The summed E-state index contributed by atoms with van der Waals surface area (Å²) in [5.74, 6) is -0.821. The molecule has 1 saturated heterocycles. The van der Waals surface area contributed by atoms with Crippen LogP contribution in [0.1, 0.15) is 149 Å². The van der Waals surface area contributed by atoms with Crippen molar-refractivity contribution in [3.63, 3.8) is 0 Å². The molecule has 0 saturated carbocycles. The Morgan fingerprint density at radius 1 is 0.652 bits per heavy atom. The highest BCUT2D eigenvalue weighted by Gasteiger charge is 2.44. The van der Waals surface area contributed by atoms with E-state index in [1.54, 1.807) is 0 Å². The van der Waals surface area contributed by atoms with E-state index in [0.29, 0.717) is 6.42 Å². The zero-order chi connectivity index (χ0) is 33.8. The molecule has 0 aromatic heterocycles. The van der Waals surface area contributed by atoms with Crippen LogP contribution in [0.25, 0.3) is 0 Å². The van der Waals surface area contributed by atoms with Gasteiger partial charge < -0.3 is 39.4 Å². The highest BCUT2D eigenvalue weighted by molar-refractivity contribution is 5.70. The van der Waals surface area contributed by atoms with Crippen LogP contribution in [0.15, 0.2) is 12.2 Å². The van der Waals surface area contributed by atoms with Gasteiger partial charge in [0.25, 0.3) is 0 Å². The maximum Gasteiger partial charge on any atom is 0.306 e. The number of hydrogen-bond donors (Lipinski definition) is 4. The number of ether oxygens (including phenoxy) is 4. The topological polar surface area (TPSA) is 152 Å². The Morgan fingerprint density at radius 3 is 1.72 bits per heavy atom. The summed E-state index contributed by atoms with van der Waals surface area (Å²) in [4.78, 5) is 25.0. The lowest BCUT2D eigenvalue weighted by molar-refractivity contribution is -0.305. The van der Waals surface area contributed by atoms with Crippen LogP contribution in [0, 0.1) is 0 Å². The first-order valence-corrected chi connectivity index (χ1v) is 18.3. The van der Waals surface area contributed by atoms with E-state index >= 15 is 0 Å². The molecule has 1 heterocycles. The Bertz CT molecular complexity index is 774. The molecule has 10 heteroatoms. The average molecular weight is 659 g/mol. The Morgan fingerprint density at radius 2 is 1.15 bits per heavy atom. The van der Waals surface area contributed by atoms with Crippen molar-refractivity contribution in [3.8, 4) is 0 Å². The number of carbonyl (C=O) groups excluding carboxylic acids is 2. The second-order valence-electron chi connectivity index (χ2n) is 12.7. The summed E-state index contributed by atoms with van der Waals surface area (Å²) in [6.07, 6.45) is 18.1. The second kappa shape index (κ2) is 28.5. The van der Waals surface area contributed by atoms with E-state index < -0.39 is 49.4 Å². The van der Waals surface area contributed by atoms with Gasteiger partial charge in [-0.15, -0.1) is 0 Å². The van der Waals surface area contributed by atoms with Gasteiger partial charge in [0, 0.05) is 12.8 Å². The number of esters is 2. The van der Waals surface area contributed by atoms with Gasteiger partial charge >= 0.3 is 11.9 Å². The minimum absolute atomic E-state index is 0.218. The summed E-state index contributed by atoms with van der Waals surface area (Å²) < 4.78 is 21.9. The lowest BCUT2D eigenvalue weighted by atomic mass is 9.99. The van der Waals surface area contributed by atoms with Gasteiger partial charge in [0.05, 0.1) is 13.2 Å². The molecular weight excluding hydrogens is 592 g/mol. The zero-order valence-electron chi connectivity index (χ0n) is 28.8. The predicted molar refractivity (Wildman–Crippen MR) is 178 cm³/mol. The van der Waals surface area contributed by atoms with Gasteiger partial charge in [-0.1, -0.05) is 109 Å². The number of aliphatic hydroxyl groups excluding tert-OH is 4. The van der Waals surface area contributed by atoms with Crippen molar-refractivity contribution < 1.29 is 49.0 Å². The van der Waals surface area contributed by atoms with Gasteiger partial charge in [-0.05, 0) is 38.5 Å². The van der Waals surface area contributed by atoms with Crippen molar-refractivity contribution in [2.75, 3.05) is 19.8 Å². The van der Waals surface area contributed by atoms with Gasteiger partial charge in [-0.2, -0.15) is 0 Å². The molecule has 1 rings (SSSR count). The van der Waals surface area contributed by atoms with E-state index in [2.05, 4.69) is 26.0 Å². The zero-order valence-corrected chi connectivity index (χ0v) is 28.8. The van der Waals surface area contributed by atoms with Crippen LogP contribution in [0.3, 0.4) is 0 Å². The minimum atomic E-state index is -1.59. The molecule has 1 fully saturated rings. The molecule has 270 valence electrons. The summed E-state index contributed by atoms with van der Waals surface area (Å²) in [6.45, 7) is 3.34. The molecule has 0 aromatic rings. The maximum atomic E-state index is 12.6. The third-order valence-electron chi connectivity index (χ3n) is 8.40. The summed E-state index contributed by atoms with van der Waals surface area (Å²) in [7, 11) is 0. The van der Waals surface area contributed by atoms with E-state index in [4.69, 9.17) is 18.9 Å². The molecule has 1 aliphatic heterocycles. The van der Waals surface area contributed by atoms with Crippen molar-refractivity contribution in [1.82, 2.24) is 0 Å². The molecule has 0 aliphatic carbocycles. The monoisotopic (exact) mass is 658 g/mol. The van der Waals surface area contributed by atoms with Gasteiger partial charge in [0.2, 0.25) is 0 Å². The van der Waals surface area contributed by atoms with E-state index in [0.717, 1.165) is 57.8 Å². The molecule has 0 radical (unpaired) electrons. The van der Waals surface area contributed by atoms with Crippen molar-refractivity contribution >= 4 is 11.9 Å². The molecule has 1 aliphatic rings. The highest BCUT2D eigenvalue weighted by Crippen LogP contribution is 2.22. The van der Waals surface area contributed by atoms with E-state index in [9.17, 15) is 30.0 Å². The molecule has 0 aromatic carbocycles. The molecule has 0 spiro atoms. The van der Waals surface area contributed by atoms with Crippen LogP contribution < -0.4 is 0 Å². The molecule has 2 unspecified atom stereocenters. The van der Waals surface area contributed by atoms with Crippen molar-refractivity contribution in [2.24, 2.45) is 0 Å². The fraction of sp³-hybridized carbons (Fsp3) is 0.889. The Hall–Kier alpha value is -1.56. The van der Waals surface area contributed by atoms with Crippen molar-refractivity contribution in [1.29, 1.82) is 0 Å². The predicted octanol–water partition coefficient (Wildman–Crippen LogP) is 6.05. The van der Waals surface area contributed by atoms with Crippen LogP contribution in [0.2, 0.25) is 0 Å². The second-order valence-corrected chi connectivity index (χ2v) is 12.7. The maximum absolute atomic E-state index is 12.6. The average Bonchev–Trinajstić information content (AvgIpc) is 3.05. The van der Waals surface area contributed by atoms with Crippen LogP contribution in [0.4, 0.5) is 0 Å². The van der Waals surface area contributed by atoms with Crippen LogP contribution in [0.5, 0.6) is 0 Å². The van der Waals surface area contributed by atoms with Gasteiger partial charge in [-0.3, -0.25) is 9.59 Å². The molecular formula is C36H66O10. The van der Waals surface area contributed by atoms with E-state index in [1.807, 2.05) is 0 Å². The number of hydrogen-bond acceptors (Lipinski definition) is 10. The normalized spacial score (nSPS) is 22.3. The number of allylic oxidation sites excluding steroid dienone is 2. The minimum Gasteiger partial charge on any atom is -0.462 e. The van der Waals surface area contributed by atoms with Crippen molar-refractivity contribution in [2.45, 2.75) is 185 Å². The summed E-state index contributed by atoms with van der Waals surface area (Å²) in [5, 5.41) is 39.8. The molecule has 4 N–H and O–H groups in total. The first kappa shape index (κ1) is 42.5. The van der Waals surface area contributed by atoms with E-state index in [1.165, 1.54) is 57.8 Å². The molecule has 10 nitrogen and oxygen atoms in total. The SMILES string of the molecule is CCCCCC/C=C/CCCCCCCC(=O)OC[C@@H](CO[C@H]1O[C@@H](CO)[C@@H](O)C(O)C1O)OC(=O)CCCCCCCCCC. The smallest absolute Gasteiger partial charge is 0.306 e. The number of carbonyl (C=O) groups is 2. The largest absolute Gasteiger partial charge is 0.462 e. The molecule has 46 heavy (non-hydrogen) atoms. The fourth-order valence-electron chi connectivity index (χ4n) is 5.42. The Labute approximate surface area is 278 Å².